The number of aromatic nitrogens is 2. The lowest BCUT2D eigenvalue weighted by molar-refractivity contribution is 0.102. The van der Waals surface area contributed by atoms with Crippen LogP contribution in [0.3, 0.4) is 0 Å². The summed E-state index contributed by atoms with van der Waals surface area (Å²) in [6, 6.07) is 8.80. The summed E-state index contributed by atoms with van der Waals surface area (Å²) in [5.74, 6) is -0.126. The SMILES string of the molecule is CCc1nnsc1C(=O)Nc1ccc(CN2CCCC[C@H]2C)cc1. The van der Waals surface area contributed by atoms with Gasteiger partial charge in [0.05, 0.1) is 5.69 Å². The Morgan fingerprint density at radius 1 is 1.33 bits per heavy atom. The predicted octanol–water partition coefficient (Wildman–Crippen LogP) is 3.73. The number of hydrogen-bond donors (Lipinski definition) is 1. The van der Waals surface area contributed by atoms with Gasteiger partial charge < -0.3 is 5.32 Å². The molecule has 2 aromatic rings. The summed E-state index contributed by atoms with van der Waals surface area (Å²) in [5, 5.41) is 6.92. The van der Waals surface area contributed by atoms with Crippen LogP contribution in [0.5, 0.6) is 0 Å². The zero-order valence-electron chi connectivity index (χ0n) is 14.3. The lowest BCUT2D eigenvalue weighted by atomic mass is 10.0. The second kappa shape index (κ2) is 7.85. The zero-order valence-corrected chi connectivity index (χ0v) is 15.1. The summed E-state index contributed by atoms with van der Waals surface area (Å²) in [6.45, 7) is 6.44. The molecule has 1 aromatic carbocycles. The monoisotopic (exact) mass is 344 g/mol. The smallest absolute Gasteiger partial charge is 0.269 e. The molecule has 1 aromatic heterocycles. The van der Waals surface area contributed by atoms with E-state index in [1.54, 1.807) is 0 Å². The number of anilines is 1. The minimum Gasteiger partial charge on any atom is -0.321 e. The minimum atomic E-state index is -0.126. The van der Waals surface area contributed by atoms with Crippen LogP contribution >= 0.6 is 11.5 Å². The number of carbonyl (C=O) groups is 1. The molecule has 0 aliphatic carbocycles. The van der Waals surface area contributed by atoms with Crippen LogP contribution in [-0.4, -0.2) is 33.0 Å². The minimum absolute atomic E-state index is 0.126. The molecule has 0 spiro atoms. The molecular formula is C18H24N4OS. The Balaban J connectivity index is 1.61. The van der Waals surface area contributed by atoms with Crippen molar-refractivity contribution in [2.24, 2.45) is 0 Å². The zero-order chi connectivity index (χ0) is 16.9. The van der Waals surface area contributed by atoms with Crippen molar-refractivity contribution in [1.29, 1.82) is 0 Å². The van der Waals surface area contributed by atoms with Crippen molar-refractivity contribution in [3.8, 4) is 0 Å². The van der Waals surface area contributed by atoms with Gasteiger partial charge in [0.25, 0.3) is 5.91 Å². The van der Waals surface area contributed by atoms with Gasteiger partial charge in [0.15, 0.2) is 0 Å². The van der Waals surface area contributed by atoms with Gasteiger partial charge in [-0.05, 0) is 62.0 Å². The summed E-state index contributed by atoms with van der Waals surface area (Å²) >= 11 is 1.15. The van der Waals surface area contributed by atoms with Crippen molar-refractivity contribution in [3.63, 3.8) is 0 Å². The molecule has 3 rings (SSSR count). The van der Waals surface area contributed by atoms with E-state index in [1.165, 1.54) is 31.4 Å². The fraction of sp³-hybridized carbons (Fsp3) is 0.500. The summed E-state index contributed by atoms with van der Waals surface area (Å²) in [6.07, 6.45) is 4.64. The molecule has 0 bridgehead atoms. The second-order valence-corrected chi connectivity index (χ2v) is 7.12. The van der Waals surface area contributed by atoms with Crippen LogP contribution in [-0.2, 0) is 13.0 Å². The van der Waals surface area contributed by atoms with Crippen LogP contribution < -0.4 is 5.32 Å². The molecule has 1 aliphatic rings. The summed E-state index contributed by atoms with van der Waals surface area (Å²) in [4.78, 5) is 15.4. The average Bonchev–Trinajstić information content (AvgIpc) is 3.07. The van der Waals surface area contributed by atoms with Gasteiger partial charge in [0.1, 0.15) is 4.88 Å². The van der Waals surface area contributed by atoms with Crippen molar-refractivity contribution in [2.45, 2.75) is 52.1 Å². The fourth-order valence-corrected chi connectivity index (χ4v) is 3.77. The highest BCUT2D eigenvalue weighted by molar-refractivity contribution is 7.08. The summed E-state index contributed by atoms with van der Waals surface area (Å²) < 4.78 is 3.87. The van der Waals surface area contributed by atoms with E-state index in [-0.39, 0.29) is 5.91 Å². The van der Waals surface area contributed by atoms with Gasteiger partial charge in [-0.1, -0.05) is 30.0 Å². The summed E-state index contributed by atoms with van der Waals surface area (Å²) in [7, 11) is 0. The molecule has 128 valence electrons. The number of nitrogens with zero attached hydrogens (tertiary/aromatic N) is 3. The Morgan fingerprint density at radius 3 is 2.83 bits per heavy atom. The fourth-order valence-electron chi connectivity index (χ4n) is 3.12. The Morgan fingerprint density at radius 2 is 2.12 bits per heavy atom. The first-order valence-corrected chi connectivity index (χ1v) is 9.40. The van der Waals surface area contributed by atoms with Gasteiger partial charge in [-0.3, -0.25) is 9.69 Å². The van der Waals surface area contributed by atoms with Crippen LogP contribution in [0.15, 0.2) is 24.3 Å². The van der Waals surface area contributed by atoms with Crippen molar-refractivity contribution in [3.05, 3.63) is 40.4 Å². The molecule has 0 saturated carbocycles. The number of likely N-dealkylation sites (tertiary alicyclic amines) is 1. The Labute approximate surface area is 147 Å². The number of nitrogens with one attached hydrogen (secondary N) is 1. The Kier molecular flexibility index (Phi) is 5.58. The third-order valence-corrected chi connectivity index (χ3v) is 5.40. The normalized spacial score (nSPS) is 18.5. The molecule has 2 heterocycles. The largest absolute Gasteiger partial charge is 0.321 e. The van der Waals surface area contributed by atoms with E-state index in [0.717, 1.165) is 29.5 Å². The highest BCUT2D eigenvalue weighted by atomic mass is 32.1. The number of rotatable bonds is 5. The molecule has 1 saturated heterocycles. The quantitative estimate of drug-likeness (QED) is 0.898. The molecule has 6 heteroatoms. The van der Waals surface area contributed by atoms with Crippen LogP contribution in [0.2, 0.25) is 0 Å². The maximum atomic E-state index is 12.3. The van der Waals surface area contributed by atoms with Crippen LogP contribution in [0.1, 0.15) is 54.0 Å². The molecule has 1 N–H and O–H groups in total. The number of hydrogen-bond acceptors (Lipinski definition) is 5. The van der Waals surface area contributed by atoms with Gasteiger partial charge in [-0.25, -0.2) is 0 Å². The summed E-state index contributed by atoms with van der Waals surface area (Å²) in [5.41, 5.74) is 2.86. The van der Waals surface area contributed by atoms with Crippen LogP contribution in [0, 0.1) is 0 Å². The Bertz CT molecular complexity index is 683. The lowest BCUT2D eigenvalue weighted by Crippen LogP contribution is -2.36. The van der Waals surface area contributed by atoms with Crippen molar-refractivity contribution in [2.75, 3.05) is 11.9 Å². The molecule has 1 aliphatic heterocycles. The standard InChI is InChI=1S/C18H24N4OS/c1-3-16-17(24-21-20-16)18(23)19-15-9-7-14(8-10-15)12-22-11-5-4-6-13(22)2/h7-10,13H,3-6,11-12H2,1-2H3,(H,19,23)/t13-/m1/s1. The first kappa shape index (κ1) is 17.0. The van der Waals surface area contributed by atoms with Crippen LogP contribution in [0.25, 0.3) is 0 Å². The van der Waals surface area contributed by atoms with Crippen molar-refractivity contribution >= 4 is 23.1 Å². The maximum absolute atomic E-state index is 12.3. The maximum Gasteiger partial charge on any atom is 0.269 e. The van der Waals surface area contributed by atoms with Crippen molar-refractivity contribution in [1.82, 2.24) is 14.5 Å². The number of carbonyl (C=O) groups excluding carboxylic acids is 1. The van der Waals surface area contributed by atoms with E-state index in [4.69, 9.17) is 0 Å². The van der Waals surface area contributed by atoms with E-state index in [0.29, 0.717) is 17.3 Å². The molecule has 5 nitrogen and oxygen atoms in total. The third-order valence-electron chi connectivity index (χ3n) is 4.63. The van der Waals surface area contributed by atoms with E-state index in [1.807, 2.05) is 19.1 Å². The predicted molar refractivity (Wildman–Crippen MR) is 97.4 cm³/mol. The van der Waals surface area contributed by atoms with E-state index in [9.17, 15) is 4.79 Å². The second-order valence-electron chi connectivity index (χ2n) is 6.37. The van der Waals surface area contributed by atoms with E-state index >= 15 is 0 Å². The number of benzene rings is 1. The third kappa shape index (κ3) is 3.99. The molecular weight excluding hydrogens is 320 g/mol. The Hall–Kier alpha value is -1.79. The molecule has 1 atom stereocenters. The van der Waals surface area contributed by atoms with Gasteiger partial charge >= 0.3 is 0 Å². The number of piperidine rings is 1. The first-order chi connectivity index (χ1) is 11.7. The van der Waals surface area contributed by atoms with Gasteiger partial charge in [-0.2, -0.15) is 0 Å². The molecule has 1 fully saturated rings. The highest BCUT2D eigenvalue weighted by Crippen LogP contribution is 2.20. The number of aryl methyl sites for hydroxylation is 1. The first-order valence-electron chi connectivity index (χ1n) is 8.63. The van der Waals surface area contributed by atoms with Gasteiger partial charge in [-0.15, -0.1) is 5.10 Å². The highest BCUT2D eigenvalue weighted by Gasteiger charge is 2.18. The van der Waals surface area contributed by atoms with Gasteiger partial charge in [0, 0.05) is 18.3 Å². The molecule has 24 heavy (non-hydrogen) atoms. The van der Waals surface area contributed by atoms with E-state index < -0.39 is 0 Å². The molecule has 0 unspecified atom stereocenters. The molecule has 0 radical (unpaired) electrons. The topological polar surface area (TPSA) is 58.1 Å². The number of amides is 1. The molecule has 1 amide bonds. The van der Waals surface area contributed by atoms with Crippen LogP contribution in [0.4, 0.5) is 5.69 Å². The average molecular weight is 344 g/mol. The van der Waals surface area contributed by atoms with Crippen molar-refractivity contribution < 1.29 is 4.79 Å². The van der Waals surface area contributed by atoms with E-state index in [2.05, 4.69) is 38.9 Å². The van der Waals surface area contributed by atoms with Gasteiger partial charge in [0.2, 0.25) is 0 Å². The lowest BCUT2D eigenvalue weighted by Gasteiger charge is -2.33.